The maximum Gasteiger partial charge on any atom is 0.265 e. The molecule has 6 nitrogen and oxygen atoms in total. The van der Waals surface area contributed by atoms with Crippen LogP contribution in [0.4, 0.5) is 0 Å². The quantitative estimate of drug-likeness (QED) is 0.506. The van der Waals surface area contributed by atoms with Crippen molar-refractivity contribution in [2.75, 3.05) is 0 Å². The van der Waals surface area contributed by atoms with Gasteiger partial charge in [-0.3, -0.25) is 4.79 Å². The zero-order chi connectivity index (χ0) is 21.3. The van der Waals surface area contributed by atoms with E-state index >= 15 is 0 Å². The molecule has 0 fully saturated rings. The summed E-state index contributed by atoms with van der Waals surface area (Å²) in [7, 11) is -3.95. The molecule has 4 rings (SSSR count). The molecular weight excluding hydrogens is 422 g/mol. The Kier molecular flexibility index (Phi) is 5.32. The Labute approximate surface area is 179 Å². The molecule has 1 aromatic heterocycles. The van der Waals surface area contributed by atoms with Crippen molar-refractivity contribution in [1.82, 2.24) is 14.3 Å². The van der Waals surface area contributed by atoms with Gasteiger partial charge < -0.3 is 4.57 Å². The van der Waals surface area contributed by atoms with E-state index in [1.54, 1.807) is 36.4 Å². The predicted molar refractivity (Wildman–Crippen MR) is 116 cm³/mol. The van der Waals surface area contributed by atoms with Crippen LogP contribution in [0, 0.1) is 6.92 Å². The van der Waals surface area contributed by atoms with Gasteiger partial charge in [0, 0.05) is 10.6 Å². The van der Waals surface area contributed by atoms with Crippen LogP contribution in [-0.2, 0) is 16.6 Å². The highest BCUT2D eigenvalue weighted by Crippen LogP contribution is 2.22. The maximum absolute atomic E-state index is 12.6. The normalized spacial score (nSPS) is 11.5. The molecule has 8 heteroatoms. The Morgan fingerprint density at radius 3 is 2.47 bits per heavy atom. The molecule has 0 radical (unpaired) electrons. The average molecular weight is 440 g/mol. The Morgan fingerprint density at radius 2 is 1.73 bits per heavy atom. The van der Waals surface area contributed by atoms with Gasteiger partial charge in [-0.15, -0.1) is 0 Å². The second-order valence-electron chi connectivity index (χ2n) is 6.79. The number of carbonyl (C=O) groups is 1. The lowest BCUT2D eigenvalue weighted by molar-refractivity contribution is 0.0981. The van der Waals surface area contributed by atoms with Crippen LogP contribution in [0.25, 0.3) is 11.0 Å². The monoisotopic (exact) mass is 439 g/mol. The van der Waals surface area contributed by atoms with Crippen molar-refractivity contribution in [3.05, 3.63) is 94.8 Å². The van der Waals surface area contributed by atoms with Gasteiger partial charge in [0.25, 0.3) is 15.9 Å². The molecule has 0 atom stereocenters. The number of hydrogen-bond donors (Lipinski definition) is 1. The summed E-state index contributed by atoms with van der Waals surface area (Å²) in [5.74, 6) is 0.0541. The topological polar surface area (TPSA) is 81.1 Å². The zero-order valence-corrected chi connectivity index (χ0v) is 17.6. The number of sulfonamides is 1. The third-order valence-corrected chi connectivity index (χ3v) is 6.48. The van der Waals surface area contributed by atoms with Gasteiger partial charge in [-0.1, -0.05) is 48.0 Å². The SMILES string of the molecule is Cc1nc2cc(C(=O)NS(=O)(=O)c3ccccc3)ccc2n1Cc1ccccc1Cl. The summed E-state index contributed by atoms with van der Waals surface area (Å²) in [6.45, 7) is 2.41. The molecule has 3 aromatic carbocycles. The van der Waals surface area contributed by atoms with Crippen LogP contribution in [0.2, 0.25) is 5.02 Å². The average Bonchev–Trinajstić information content (AvgIpc) is 3.04. The van der Waals surface area contributed by atoms with E-state index in [1.807, 2.05) is 35.8 Å². The largest absolute Gasteiger partial charge is 0.324 e. The summed E-state index contributed by atoms with van der Waals surface area (Å²) in [6, 6.07) is 20.3. The molecule has 1 amide bonds. The highest BCUT2D eigenvalue weighted by atomic mass is 35.5. The molecule has 0 aliphatic rings. The summed E-state index contributed by atoms with van der Waals surface area (Å²) >= 11 is 6.28. The van der Waals surface area contributed by atoms with E-state index < -0.39 is 15.9 Å². The van der Waals surface area contributed by atoms with Gasteiger partial charge in [-0.05, 0) is 48.9 Å². The molecule has 0 saturated carbocycles. The summed E-state index contributed by atoms with van der Waals surface area (Å²) in [5, 5.41) is 0.667. The summed E-state index contributed by atoms with van der Waals surface area (Å²) < 4.78 is 28.9. The van der Waals surface area contributed by atoms with Crippen molar-refractivity contribution < 1.29 is 13.2 Å². The molecule has 0 aliphatic heterocycles. The Hall–Kier alpha value is -3.16. The fourth-order valence-electron chi connectivity index (χ4n) is 3.23. The zero-order valence-electron chi connectivity index (χ0n) is 16.0. The minimum atomic E-state index is -3.95. The van der Waals surface area contributed by atoms with E-state index in [0.717, 1.165) is 16.9 Å². The Morgan fingerprint density at radius 1 is 1.03 bits per heavy atom. The first-order chi connectivity index (χ1) is 14.3. The van der Waals surface area contributed by atoms with Gasteiger partial charge in [-0.2, -0.15) is 0 Å². The van der Waals surface area contributed by atoms with Crippen molar-refractivity contribution in [3.63, 3.8) is 0 Å². The van der Waals surface area contributed by atoms with E-state index in [0.29, 0.717) is 17.1 Å². The van der Waals surface area contributed by atoms with E-state index in [4.69, 9.17) is 11.6 Å². The highest BCUT2D eigenvalue weighted by Gasteiger charge is 2.19. The minimum Gasteiger partial charge on any atom is -0.324 e. The van der Waals surface area contributed by atoms with Gasteiger partial charge in [0.2, 0.25) is 0 Å². The molecule has 1 N–H and O–H groups in total. The van der Waals surface area contributed by atoms with Crippen LogP contribution in [0.15, 0.2) is 77.7 Å². The van der Waals surface area contributed by atoms with Crippen molar-refractivity contribution in [2.45, 2.75) is 18.4 Å². The van der Waals surface area contributed by atoms with Gasteiger partial charge in [0.15, 0.2) is 0 Å². The molecule has 152 valence electrons. The van der Waals surface area contributed by atoms with Crippen LogP contribution in [0.3, 0.4) is 0 Å². The number of imidazole rings is 1. The maximum atomic E-state index is 12.6. The third kappa shape index (κ3) is 3.94. The number of hydrogen-bond acceptors (Lipinski definition) is 4. The molecule has 4 aromatic rings. The Bertz CT molecular complexity index is 1350. The van der Waals surface area contributed by atoms with E-state index in [2.05, 4.69) is 9.71 Å². The second kappa shape index (κ2) is 7.93. The lowest BCUT2D eigenvalue weighted by Crippen LogP contribution is -2.30. The molecular formula is C22H18ClN3O3S. The fraction of sp³-hybridized carbons (Fsp3) is 0.0909. The third-order valence-electron chi connectivity index (χ3n) is 4.77. The second-order valence-corrected chi connectivity index (χ2v) is 8.88. The molecule has 0 unspecified atom stereocenters. The molecule has 1 heterocycles. The lowest BCUT2D eigenvalue weighted by atomic mass is 10.2. The van der Waals surface area contributed by atoms with Crippen LogP contribution < -0.4 is 4.72 Å². The first kappa shape index (κ1) is 20.1. The molecule has 30 heavy (non-hydrogen) atoms. The number of halogens is 1. The standard InChI is InChI=1S/C22H18ClN3O3S/c1-15-24-20-13-16(22(27)25-30(28,29)18-8-3-2-4-9-18)11-12-21(20)26(15)14-17-7-5-6-10-19(17)23/h2-13H,14H2,1H3,(H,25,27). The first-order valence-corrected chi connectivity index (χ1v) is 11.0. The van der Waals surface area contributed by atoms with Crippen LogP contribution in [0.1, 0.15) is 21.7 Å². The van der Waals surface area contributed by atoms with Crippen LogP contribution >= 0.6 is 11.6 Å². The van der Waals surface area contributed by atoms with E-state index in [9.17, 15) is 13.2 Å². The Balaban J connectivity index is 1.63. The highest BCUT2D eigenvalue weighted by molar-refractivity contribution is 7.90. The van der Waals surface area contributed by atoms with Crippen LogP contribution in [0.5, 0.6) is 0 Å². The number of benzene rings is 3. The first-order valence-electron chi connectivity index (χ1n) is 9.17. The number of nitrogens with zero attached hydrogens (tertiary/aromatic N) is 2. The summed E-state index contributed by atoms with van der Waals surface area (Å²) in [6.07, 6.45) is 0. The van der Waals surface area contributed by atoms with Crippen molar-refractivity contribution in [2.24, 2.45) is 0 Å². The summed E-state index contributed by atoms with van der Waals surface area (Å²) in [4.78, 5) is 17.1. The van der Waals surface area contributed by atoms with Gasteiger partial charge in [0.1, 0.15) is 5.82 Å². The summed E-state index contributed by atoms with van der Waals surface area (Å²) in [5.41, 5.74) is 2.60. The van der Waals surface area contributed by atoms with Crippen molar-refractivity contribution >= 4 is 38.6 Å². The molecule has 0 bridgehead atoms. The smallest absolute Gasteiger partial charge is 0.265 e. The molecule has 0 spiro atoms. The number of nitrogens with one attached hydrogen (secondary N) is 1. The van der Waals surface area contributed by atoms with Crippen molar-refractivity contribution in [1.29, 1.82) is 0 Å². The predicted octanol–water partition coefficient (Wildman–Crippen LogP) is 4.17. The van der Waals surface area contributed by atoms with Gasteiger partial charge in [-0.25, -0.2) is 18.1 Å². The van der Waals surface area contributed by atoms with Gasteiger partial charge in [0.05, 0.1) is 22.5 Å². The number of amides is 1. The van der Waals surface area contributed by atoms with Gasteiger partial charge >= 0.3 is 0 Å². The number of carbonyl (C=O) groups excluding carboxylic acids is 1. The minimum absolute atomic E-state index is 0.0271. The molecule has 0 aliphatic carbocycles. The number of rotatable bonds is 5. The fourth-order valence-corrected chi connectivity index (χ4v) is 4.42. The van der Waals surface area contributed by atoms with E-state index in [1.165, 1.54) is 12.1 Å². The number of aryl methyl sites for hydroxylation is 1. The number of aromatic nitrogens is 2. The number of fused-ring (bicyclic) bond motifs is 1. The van der Waals surface area contributed by atoms with Crippen LogP contribution in [-0.4, -0.2) is 23.9 Å². The lowest BCUT2D eigenvalue weighted by Gasteiger charge is -2.09. The van der Waals surface area contributed by atoms with E-state index in [-0.39, 0.29) is 10.5 Å². The molecule has 0 saturated heterocycles. The van der Waals surface area contributed by atoms with Crippen molar-refractivity contribution in [3.8, 4) is 0 Å².